The summed E-state index contributed by atoms with van der Waals surface area (Å²) in [6.45, 7) is 1.87. The SMILES string of the molecule is O=C(CNC1(CO)CCCC1)N1CCOC2CCCCC21. The zero-order chi connectivity index (χ0) is 14.7. The summed E-state index contributed by atoms with van der Waals surface area (Å²) in [4.78, 5) is 14.6. The van der Waals surface area contributed by atoms with E-state index < -0.39 is 0 Å². The third kappa shape index (κ3) is 3.25. The van der Waals surface area contributed by atoms with Crippen LogP contribution in [-0.2, 0) is 9.53 Å². The zero-order valence-corrected chi connectivity index (χ0v) is 12.9. The van der Waals surface area contributed by atoms with Gasteiger partial charge in [-0.1, -0.05) is 25.7 Å². The van der Waals surface area contributed by atoms with Gasteiger partial charge in [-0.2, -0.15) is 0 Å². The van der Waals surface area contributed by atoms with Crippen LogP contribution < -0.4 is 5.32 Å². The molecule has 0 radical (unpaired) electrons. The Morgan fingerprint density at radius 3 is 2.76 bits per heavy atom. The molecule has 2 N–H and O–H groups in total. The summed E-state index contributed by atoms with van der Waals surface area (Å²) < 4.78 is 5.83. The van der Waals surface area contributed by atoms with Gasteiger partial charge in [-0.05, 0) is 25.7 Å². The molecule has 1 heterocycles. The van der Waals surface area contributed by atoms with Crippen LogP contribution >= 0.6 is 0 Å². The molecule has 0 aromatic heterocycles. The van der Waals surface area contributed by atoms with Crippen LogP contribution in [0.25, 0.3) is 0 Å². The Bertz CT molecular complexity index is 367. The van der Waals surface area contributed by atoms with Crippen molar-refractivity contribution in [1.82, 2.24) is 10.2 Å². The number of morpholine rings is 1. The summed E-state index contributed by atoms with van der Waals surface area (Å²) >= 11 is 0. The normalized spacial score (nSPS) is 32.0. The van der Waals surface area contributed by atoms with Crippen LogP contribution in [0.3, 0.4) is 0 Å². The van der Waals surface area contributed by atoms with Gasteiger partial charge in [0, 0.05) is 12.1 Å². The molecule has 1 saturated heterocycles. The molecule has 5 heteroatoms. The van der Waals surface area contributed by atoms with E-state index in [0.717, 1.165) is 38.5 Å². The van der Waals surface area contributed by atoms with Gasteiger partial charge in [-0.25, -0.2) is 0 Å². The maximum absolute atomic E-state index is 12.6. The topological polar surface area (TPSA) is 61.8 Å². The number of amides is 1. The molecule has 5 nitrogen and oxygen atoms in total. The molecule has 120 valence electrons. The van der Waals surface area contributed by atoms with Crippen molar-refractivity contribution in [2.45, 2.75) is 69.1 Å². The molecule has 1 aliphatic heterocycles. The van der Waals surface area contributed by atoms with Gasteiger partial charge in [0.2, 0.25) is 5.91 Å². The highest BCUT2D eigenvalue weighted by Gasteiger charge is 2.38. The second-order valence-electron chi connectivity index (χ2n) is 6.85. The second-order valence-corrected chi connectivity index (χ2v) is 6.85. The minimum atomic E-state index is -0.214. The molecular weight excluding hydrogens is 268 g/mol. The number of nitrogens with zero attached hydrogens (tertiary/aromatic N) is 1. The number of rotatable bonds is 4. The lowest BCUT2D eigenvalue weighted by atomic mass is 9.90. The van der Waals surface area contributed by atoms with Crippen LogP contribution in [0, 0.1) is 0 Å². The van der Waals surface area contributed by atoms with Gasteiger partial charge in [0.25, 0.3) is 0 Å². The van der Waals surface area contributed by atoms with E-state index in [1.54, 1.807) is 0 Å². The summed E-state index contributed by atoms with van der Waals surface area (Å²) in [6, 6.07) is 0.274. The number of carbonyl (C=O) groups excluding carboxylic acids is 1. The van der Waals surface area contributed by atoms with Crippen LogP contribution in [0.4, 0.5) is 0 Å². The van der Waals surface area contributed by atoms with E-state index >= 15 is 0 Å². The molecule has 2 saturated carbocycles. The molecule has 3 rings (SSSR count). The summed E-state index contributed by atoms with van der Waals surface area (Å²) in [6.07, 6.45) is 9.06. The first-order chi connectivity index (χ1) is 10.2. The third-order valence-corrected chi connectivity index (χ3v) is 5.53. The number of nitrogens with one attached hydrogen (secondary N) is 1. The maximum atomic E-state index is 12.6. The lowest BCUT2D eigenvalue weighted by molar-refractivity contribution is -0.149. The first-order valence-electron chi connectivity index (χ1n) is 8.51. The van der Waals surface area contributed by atoms with Crippen LogP contribution in [0.2, 0.25) is 0 Å². The van der Waals surface area contributed by atoms with E-state index in [1.807, 2.05) is 4.90 Å². The quantitative estimate of drug-likeness (QED) is 0.814. The number of carbonyl (C=O) groups is 1. The Kier molecular flexibility index (Phi) is 4.82. The molecule has 0 bridgehead atoms. The van der Waals surface area contributed by atoms with E-state index in [4.69, 9.17) is 4.74 Å². The van der Waals surface area contributed by atoms with Gasteiger partial charge in [-0.3, -0.25) is 4.79 Å². The third-order valence-electron chi connectivity index (χ3n) is 5.53. The van der Waals surface area contributed by atoms with Crippen molar-refractivity contribution >= 4 is 5.91 Å². The lowest BCUT2D eigenvalue weighted by Gasteiger charge is -2.44. The fourth-order valence-corrected chi connectivity index (χ4v) is 4.21. The standard InChI is InChI=1S/C16H28N2O3/c19-12-16(7-3-4-8-16)17-11-15(20)18-9-10-21-14-6-2-1-5-13(14)18/h13-14,17,19H,1-12H2. The van der Waals surface area contributed by atoms with Crippen molar-refractivity contribution in [3.63, 3.8) is 0 Å². The molecule has 2 aliphatic carbocycles. The molecule has 2 atom stereocenters. The fourth-order valence-electron chi connectivity index (χ4n) is 4.21. The van der Waals surface area contributed by atoms with Crippen molar-refractivity contribution in [1.29, 1.82) is 0 Å². The minimum absolute atomic E-state index is 0.134. The van der Waals surface area contributed by atoms with E-state index in [0.29, 0.717) is 19.7 Å². The molecule has 21 heavy (non-hydrogen) atoms. The number of hydrogen-bond acceptors (Lipinski definition) is 4. The minimum Gasteiger partial charge on any atom is -0.394 e. The van der Waals surface area contributed by atoms with Crippen molar-refractivity contribution in [2.24, 2.45) is 0 Å². The van der Waals surface area contributed by atoms with E-state index in [2.05, 4.69) is 5.32 Å². The summed E-state index contributed by atoms with van der Waals surface area (Å²) in [5.41, 5.74) is -0.214. The number of fused-ring (bicyclic) bond motifs is 1. The molecule has 0 aromatic rings. The van der Waals surface area contributed by atoms with Crippen molar-refractivity contribution < 1.29 is 14.6 Å². The largest absolute Gasteiger partial charge is 0.394 e. The Labute approximate surface area is 127 Å². The number of aliphatic hydroxyl groups excluding tert-OH is 1. The van der Waals surface area contributed by atoms with Gasteiger partial charge in [0.15, 0.2) is 0 Å². The van der Waals surface area contributed by atoms with Gasteiger partial charge < -0.3 is 20.1 Å². The molecule has 0 spiro atoms. The molecule has 3 fully saturated rings. The number of aliphatic hydroxyl groups is 1. The van der Waals surface area contributed by atoms with E-state index in [9.17, 15) is 9.90 Å². The van der Waals surface area contributed by atoms with Crippen LogP contribution in [0.5, 0.6) is 0 Å². The molecular formula is C16H28N2O3. The maximum Gasteiger partial charge on any atom is 0.236 e. The predicted molar refractivity (Wildman–Crippen MR) is 80.0 cm³/mol. The molecule has 3 aliphatic rings. The second kappa shape index (κ2) is 6.63. The van der Waals surface area contributed by atoms with Gasteiger partial charge >= 0.3 is 0 Å². The molecule has 0 aromatic carbocycles. The van der Waals surface area contributed by atoms with Crippen molar-refractivity contribution in [2.75, 3.05) is 26.3 Å². The summed E-state index contributed by atoms with van der Waals surface area (Å²) in [5, 5.41) is 13.0. The van der Waals surface area contributed by atoms with E-state index in [-0.39, 0.29) is 30.2 Å². The average Bonchev–Trinajstić information content (AvgIpc) is 3.01. The Balaban J connectivity index is 1.56. The van der Waals surface area contributed by atoms with Crippen LogP contribution in [0.1, 0.15) is 51.4 Å². The van der Waals surface area contributed by atoms with Crippen molar-refractivity contribution in [3.05, 3.63) is 0 Å². The van der Waals surface area contributed by atoms with Crippen LogP contribution in [-0.4, -0.2) is 59.9 Å². The number of hydrogen-bond donors (Lipinski definition) is 2. The highest BCUT2D eigenvalue weighted by molar-refractivity contribution is 5.79. The lowest BCUT2D eigenvalue weighted by Crippen LogP contribution is -2.58. The first kappa shape index (κ1) is 15.3. The Hall–Kier alpha value is -0.650. The van der Waals surface area contributed by atoms with Gasteiger partial charge in [-0.15, -0.1) is 0 Å². The highest BCUT2D eigenvalue weighted by atomic mass is 16.5. The molecule has 2 unspecified atom stereocenters. The predicted octanol–water partition coefficient (Wildman–Crippen LogP) is 1.05. The average molecular weight is 296 g/mol. The Morgan fingerprint density at radius 1 is 1.24 bits per heavy atom. The highest BCUT2D eigenvalue weighted by Crippen LogP contribution is 2.30. The summed E-state index contributed by atoms with van der Waals surface area (Å²) in [7, 11) is 0. The first-order valence-corrected chi connectivity index (χ1v) is 8.51. The molecule has 1 amide bonds. The van der Waals surface area contributed by atoms with E-state index in [1.165, 1.54) is 12.8 Å². The number of ether oxygens (including phenoxy) is 1. The monoisotopic (exact) mass is 296 g/mol. The zero-order valence-electron chi connectivity index (χ0n) is 12.9. The van der Waals surface area contributed by atoms with Gasteiger partial charge in [0.1, 0.15) is 0 Å². The van der Waals surface area contributed by atoms with Crippen LogP contribution in [0.15, 0.2) is 0 Å². The van der Waals surface area contributed by atoms with Gasteiger partial charge in [0.05, 0.1) is 31.9 Å². The van der Waals surface area contributed by atoms with Crippen molar-refractivity contribution in [3.8, 4) is 0 Å². The fraction of sp³-hybridized carbons (Fsp3) is 0.938. The Morgan fingerprint density at radius 2 is 2.00 bits per heavy atom. The smallest absolute Gasteiger partial charge is 0.236 e. The summed E-state index contributed by atoms with van der Waals surface area (Å²) in [5.74, 6) is 0.176.